The van der Waals surface area contributed by atoms with Gasteiger partial charge in [0, 0.05) is 0 Å². The van der Waals surface area contributed by atoms with E-state index >= 15 is 0 Å². The monoisotopic (exact) mass is 678 g/mol. The Balaban J connectivity index is 1.75. The predicted octanol–water partition coefficient (Wildman–Crippen LogP) is 3.36. The van der Waals surface area contributed by atoms with E-state index in [1.54, 1.807) is 32.2 Å². The molecule has 3 rings (SSSR count). The average molecular weight is 680 g/mol. The fraction of sp³-hybridized carbons (Fsp3) is 0.375. The van der Waals surface area contributed by atoms with Crippen molar-refractivity contribution in [3.05, 3.63) is 49.6 Å². The predicted molar refractivity (Wildman–Crippen MR) is 130 cm³/mol. The van der Waals surface area contributed by atoms with Crippen molar-refractivity contribution >= 4 is 44.1 Å². The molecule has 0 amide bonds. The minimum atomic E-state index is -4.39. The number of anilines is 1. The van der Waals surface area contributed by atoms with E-state index in [1.165, 1.54) is 10.8 Å². The van der Waals surface area contributed by atoms with Crippen LogP contribution >= 0.6 is 27.5 Å². The van der Waals surface area contributed by atoms with Crippen molar-refractivity contribution in [1.29, 1.82) is 5.26 Å². The van der Waals surface area contributed by atoms with Crippen molar-refractivity contribution in [1.82, 2.24) is 14.5 Å². The second kappa shape index (κ2) is 11.4. The van der Waals surface area contributed by atoms with Gasteiger partial charge in [-0.05, 0) is 0 Å². The molecule has 0 aliphatic carbocycles. The van der Waals surface area contributed by atoms with E-state index in [9.17, 15) is 18.4 Å². The molecule has 3 aromatic heterocycles. The van der Waals surface area contributed by atoms with Crippen LogP contribution in [0.25, 0.3) is 10.9 Å². The summed E-state index contributed by atoms with van der Waals surface area (Å²) in [4.78, 5) is 8.35. The van der Waals surface area contributed by atoms with Crippen LogP contribution in [0.5, 0.6) is 0 Å². The second-order valence-corrected chi connectivity index (χ2v) is 12.6. The molecule has 0 radical (unpaired) electrons. The Bertz CT molecular complexity index is 1300. The van der Waals surface area contributed by atoms with Crippen LogP contribution in [-0.4, -0.2) is 31.2 Å². The number of pyridine rings is 2. The Morgan fingerprint density at radius 3 is 2.60 bits per heavy atom. The SMILES string of the molecule is CCC(C#CCNc1ccc(C(C)(C)C#N)nc1)[I-]c1cc2c(Br)cnc(Cl)c2n1CC(F)(F)F. The van der Waals surface area contributed by atoms with Crippen LogP contribution in [0.2, 0.25) is 5.15 Å². The Morgan fingerprint density at radius 1 is 1.26 bits per heavy atom. The molecule has 5 nitrogen and oxygen atoms in total. The molecule has 11 heteroatoms. The molecule has 0 saturated heterocycles. The van der Waals surface area contributed by atoms with Crippen LogP contribution in [0, 0.1) is 26.9 Å². The van der Waals surface area contributed by atoms with Crippen molar-refractivity contribution in [3.8, 4) is 17.9 Å². The summed E-state index contributed by atoms with van der Waals surface area (Å²) in [6.45, 7) is 4.84. The molecule has 3 heterocycles. The molecule has 0 aliphatic rings. The van der Waals surface area contributed by atoms with Gasteiger partial charge in [0.15, 0.2) is 0 Å². The number of hydrogen-bond donors (Lipinski definition) is 1. The number of aromatic nitrogens is 3. The number of rotatable bonds is 7. The molecular formula is C24H22BrClF3IN5-. The number of fused-ring (bicyclic) bond motifs is 1. The van der Waals surface area contributed by atoms with Crippen LogP contribution in [0.3, 0.4) is 0 Å². The quantitative estimate of drug-likeness (QED) is 0.180. The van der Waals surface area contributed by atoms with E-state index in [-0.39, 0.29) is 14.6 Å². The number of nitrogens with one attached hydrogen (secondary N) is 1. The van der Waals surface area contributed by atoms with Gasteiger partial charge < -0.3 is 0 Å². The van der Waals surface area contributed by atoms with Crippen molar-refractivity contribution in [2.45, 2.75) is 49.3 Å². The van der Waals surface area contributed by atoms with Crippen molar-refractivity contribution in [3.63, 3.8) is 0 Å². The molecule has 0 spiro atoms. The Kier molecular flexibility index (Phi) is 8.95. The molecular weight excluding hydrogens is 658 g/mol. The molecule has 0 fully saturated rings. The van der Waals surface area contributed by atoms with Crippen LogP contribution in [-0.2, 0) is 12.0 Å². The van der Waals surface area contributed by atoms with E-state index < -0.39 is 39.3 Å². The minimum absolute atomic E-state index is 0.0330. The van der Waals surface area contributed by atoms with Gasteiger partial charge in [-0.25, -0.2) is 0 Å². The zero-order valence-corrected chi connectivity index (χ0v) is 23.6. The van der Waals surface area contributed by atoms with Gasteiger partial charge >= 0.3 is 227 Å². The van der Waals surface area contributed by atoms with Crippen molar-refractivity contribution in [2.75, 3.05) is 11.9 Å². The summed E-state index contributed by atoms with van der Waals surface area (Å²) in [6.07, 6.45) is -0.512. The number of nitrogens with zero attached hydrogens (tertiary/aromatic N) is 4. The molecule has 0 bridgehead atoms. The fourth-order valence-electron chi connectivity index (χ4n) is 3.17. The van der Waals surface area contributed by atoms with Gasteiger partial charge in [0.2, 0.25) is 0 Å². The standard InChI is InChI=1S/C24H22BrClF3IN5/c1-4-15(6-5-9-32-16-7-8-19(33-11-16)23(2,3)13-31)30-20-10-17-18(25)12-34-22(26)21(17)35(20)14-24(27,28)29/h7-8,10-12,15,32H,4,9,14H2,1-3H3/q-1. The Labute approximate surface area is 225 Å². The number of alkyl halides is 4. The maximum atomic E-state index is 13.4. The number of hydrogen-bond acceptors (Lipinski definition) is 4. The van der Waals surface area contributed by atoms with Crippen LogP contribution in [0.1, 0.15) is 32.9 Å². The van der Waals surface area contributed by atoms with Gasteiger partial charge in [-0.3, -0.25) is 0 Å². The van der Waals surface area contributed by atoms with E-state index in [2.05, 4.69) is 49.1 Å². The first-order valence-electron chi connectivity index (χ1n) is 10.6. The Morgan fingerprint density at radius 2 is 2.00 bits per heavy atom. The zero-order valence-electron chi connectivity index (χ0n) is 19.1. The van der Waals surface area contributed by atoms with Gasteiger partial charge in [-0.2, -0.15) is 0 Å². The second-order valence-electron chi connectivity index (χ2n) is 8.16. The van der Waals surface area contributed by atoms with Gasteiger partial charge in [0.05, 0.1) is 0 Å². The van der Waals surface area contributed by atoms with E-state index in [0.29, 0.717) is 25.8 Å². The van der Waals surface area contributed by atoms with Gasteiger partial charge in [-0.15, -0.1) is 0 Å². The van der Waals surface area contributed by atoms with E-state index in [4.69, 9.17) is 11.6 Å². The Hall–Kier alpha value is -2.02. The van der Waals surface area contributed by atoms with Gasteiger partial charge in [0.1, 0.15) is 0 Å². The molecule has 1 N–H and O–H groups in total. The summed E-state index contributed by atoms with van der Waals surface area (Å²) in [7, 11) is 0. The normalized spacial score (nSPS) is 12.8. The maximum absolute atomic E-state index is 13.4. The molecule has 1 atom stereocenters. The summed E-state index contributed by atoms with van der Waals surface area (Å²) in [5, 5.41) is 13.1. The molecule has 3 aromatic rings. The zero-order chi connectivity index (χ0) is 25.8. The van der Waals surface area contributed by atoms with Crippen molar-refractivity contribution in [2.24, 2.45) is 0 Å². The molecule has 186 valence electrons. The first-order valence-corrected chi connectivity index (χ1v) is 14.1. The first-order chi connectivity index (χ1) is 16.4. The average Bonchev–Trinajstić information content (AvgIpc) is 3.16. The van der Waals surface area contributed by atoms with Crippen LogP contribution < -0.4 is 26.5 Å². The third kappa shape index (κ3) is 7.02. The number of nitriles is 1. The van der Waals surface area contributed by atoms with Crippen LogP contribution in [0.4, 0.5) is 18.9 Å². The summed E-state index contributed by atoms with van der Waals surface area (Å²) in [5.41, 5.74) is 1.08. The van der Waals surface area contributed by atoms with E-state index in [0.717, 1.165) is 12.1 Å². The number of halogens is 6. The molecule has 0 saturated carbocycles. The van der Waals surface area contributed by atoms with Crippen molar-refractivity contribution < 1.29 is 34.4 Å². The summed E-state index contributed by atoms with van der Waals surface area (Å²) in [5.74, 6) is 6.31. The third-order valence-electron chi connectivity index (χ3n) is 5.05. The fourth-order valence-corrected chi connectivity index (χ4v) is 6.65. The summed E-state index contributed by atoms with van der Waals surface area (Å²) in [6, 6.07) is 7.64. The van der Waals surface area contributed by atoms with E-state index in [1.807, 2.05) is 13.0 Å². The summed E-state index contributed by atoms with van der Waals surface area (Å²) >= 11 is 8.69. The van der Waals surface area contributed by atoms with Gasteiger partial charge in [0.25, 0.3) is 0 Å². The third-order valence-corrected chi connectivity index (χ3v) is 9.44. The van der Waals surface area contributed by atoms with Crippen LogP contribution in [0.15, 0.2) is 35.1 Å². The molecule has 0 aromatic carbocycles. The molecule has 0 aliphatic heterocycles. The summed E-state index contributed by atoms with van der Waals surface area (Å²) < 4.78 is 42.5. The molecule has 35 heavy (non-hydrogen) atoms. The van der Waals surface area contributed by atoms with Gasteiger partial charge in [-0.1, -0.05) is 0 Å². The molecule has 1 unspecified atom stereocenters. The first kappa shape index (κ1) is 27.6. The topological polar surface area (TPSA) is 66.5 Å².